The van der Waals surface area contributed by atoms with Crippen molar-refractivity contribution in [2.75, 3.05) is 106 Å². The zero-order valence-electron chi connectivity index (χ0n) is 27.3. The molecule has 0 rings (SSSR count). The molecule has 0 spiro atoms. The van der Waals surface area contributed by atoms with Crippen LogP contribution in [0.5, 0.6) is 0 Å². The van der Waals surface area contributed by atoms with E-state index in [-0.39, 0.29) is 23.5 Å². The van der Waals surface area contributed by atoms with Crippen LogP contribution < -0.4 is 0 Å². The SMILES string of the molecule is CCCCC(CC)C(=O)OCCOCCOCCOCCOCCOCCOCCOCCO[Si](C)(C)C(C)(C)C. The van der Waals surface area contributed by atoms with Crippen molar-refractivity contribution in [3.8, 4) is 0 Å². The summed E-state index contributed by atoms with van der Waals surface area (Å²) in [7, 11) is -1.69. The van der Waals surface area contributed by atoms with Crippen LogP contribution in [-0.2, 0) is 47.1 Å². The molecule has 0 aromatic heterocycles. The van der Waals surface area contributed by atoms with E-state index in [1.165, 1.54) is 0 Å². The fourth-order valence-corrected chi connectivity index (χ4v) is 4.28. The van der Waals surface area contributed by atoms with Gasteiger partial charge in [-0.3, -0.25) is 4.79 Å². The molecule has 41 heavy (non-hydrogen) atoms. The molecule has 0 heterocycles. The Labute approximate surface area is 251 Å². The number of hydrogen-bond acceptors (Lipinski definition) is 10. The van der Waals surface area contributed by atoms with E-state index in [1.54, 1.807) is 0 Å². The molecule has 0 N–H and O–H groups in total. The number of hydrogen-bond donors (Lipinski definition) is 0. The van der Waals surface area contributed by atoms with Gasteiger partial charge in [0.2, 0.25) is 0 Å². The van der Waals surface area contributed by atoms with Crippen molar-refractivity contribution in [3.05, 3.63) is 0 Å². The molecule has 0 saturated carbocycles. The number of carbonyl (C=O) groups excluding carboxylic acids is 1. The Hall–Kier alpha value is -0.633. The third kappa shape index (κ3) is 24.5. The Balaban J connectivity index is 3.26. The van der Waals surface area contributed by atoms with E-state index in [4.69, 9.17) is 42.3 Å². The molecule has 246 valence electrons. The minimum Gasteiger partial charge on any atom is -0.463 e. The molecule has 0 saturated heterocycles. The van der Waals surface area contributed by atoms with Crippen molar-refractivity contribution in [1.82, 2.24) is 0 Å². The van der Waals surface area contributed by atoms with Gasteiger partial charge in [-0.15, -0.1) is 0 Å². The van der Waals surface area contributed by atoms with Crippen LogP contribution in [0, 0.1) is 5.92 Å². The van der Waals surface area contributed by atoms with Crippen LogP contribution >= 0.6 is 0 Å². The van der Waals surface area contributed by atoms with E-state index in [9.17, 15) is 4.79 Å². The number of ether oxygens (including phenoxy) is 8. The summed E-state index contributed by atoms with van der Waals surface area (Å²) in [5.41, 5.74) is 0. The Morgan fingerprint density at radius 2 is 0.927 bits per heavy atom. The van der Waals surface area contributed by atoms with Crippen LogP contribution in [0.25, 0.3) is 0 Å². The third-order valence-electron chi connectivity index (χ3n) is 6.93. The molecule has 10 nitrogen and oxygen atoms in total. The molecule has 0 aromatic rings. The molecule has 11 heteroatoms. The number of rotatable bonds is 30. The lowest BCUT2D eigenvalue weighted by Crippen LogP contribution is -2.41. The van der Waals surface area contributed by atoms with Gasteiger partial charge in [-0.1, -0.05) is 47.5 Å². The lowest BCUT2D eigenvalue weighted by molar-refractivity contribution is -0.150. The first-order chi connectivity index (χ1) is 19.7. The van der Waals surface area contributed by atoms with Crippen molar-refractivity contribution < 1.29 is 47.1 Å². The fraction of sp³-hybridized carbons (Fsp3) is 0.967. The molecule has 0 bridgehead atoms. The van der Waals surface area contributed by atoms with Gasteiger partial charge < -0.3 is 42.3 Å². The van der Waals surface area contributed by atoms with Crippen molar-refractivity contribution in [2.45, 2.75) is 78.4 Å². The van der Waals surface area contributed by atoms with Gasteiger partial charge in [0.25, 0.3) is 0 Å². The maximum absolute atomic E-state index is 12.0. The smallest absolute Gasteiger partial charge is 0.308 e. The zero-order chi connectivity index (χ0) is 30.7. The van der Waals surface area contributed by atoms with Crippen LogP contribution in [0.1, 0.15) is 60.3 Å². The highest BCUT2D eigenvalue weighted by atomic mass is 28.4. The first-order valence-electron chi connectivity index (χ1n) is 15.5. The van der Waals surface area contributed by atoms with Gasteiger partial charge in [-0.2, -0.15) is 0 Å². The van der Waals surface area contributed by atoms with Gasteiger partial charge in [-0.05, 0) is 31.0 Å². The van der Waals surface area contributed by atoms with Crippen LogP contribution in [-0.4, -0.2) is 120 Å². The lowest BCUT2D eigenvalue weighted by Gasteiger charge is -2.36. The molecule has 0 radical (unpaired) electrons. The Morgan fingerprint density at radius 1 is 0.585 bits per heavy atom. The standard InChI is InChI=1S/C30H62O10Si/c1-8-10-11-28(9-2)29(31)39-26-24-37-22-20-35-18-16-33-14-12-32-13-15-34-17-19-36-21-23-38-25-27-40-41(6,7)30(3,4)5/h28H,8-27H2,1-7H3. The Morgan fingerprint density at radius 3 is 1.24 bits per heavy atom. The summed E-state index contributed by atoms with van der Waals surface area (Å²) in [4.78, 5) is 12.0. The Bertz CT molecular complexity index is 586. The minimum atomic E-state index is -1.69. The molecule has 1 unspecified atom stereocenters. The Kier molecular flexibility index (Phi) is 26.5. The van der Waals surface area contributed by atoms with E-state index in [1.807, 2.05) is 6.92 Å². The molecule has 0 aromatic carbocycles. The molecule has 0 fully saturated rings. The first kappa shape index (κ1) is 40.4. The van der Waals surface area contributed by atoms with Crippen molar-refractivity contribution in [1.29, 1.82) is 0 Å². The van der Waals surface area contributed by atoms with E-state index in [2.05, 4.69) is 40.8 Å². The third-order valence-corrected chi connectivity index (χ3v) is 11.5. The van der Waals surface area contributed by atoms with Gasteiger partial charge in [0.1, 0.15) is 6.61 Å². The fourth-order valence-electron chi connectivity index (χ4n) is 3.25. The molecule has 0 aliphatic carbocycles. The van der Waals surface area contributed by atoms with Gasteiger partial charge >= 0.3 is 5.97 Å². The molecule has 0 aliphatic heterocycles. The van der Waals surface area contributed by atoms with Gasteiger partial charge in [0.05, 0.1) is 105 Å². The molecular weight excluding hydrogens is 548 g/mol. The highest BCUT2D eigenvalue weighted by Gasteiger charge is 2.36. The van der Waals surface area contributed by atoms with Gasteiger partial charge in [-0.25, -0.2) is 0 Å². The predicted octanol–water partition coefficient (Wildman–Crippen LogP) is 4.88. The number of esters is 1. The topological polar surface area (TPSA) is 100 Å². The summed E-state index contributed by atoms with van der Waals surface area (Å²) >= 11 is 0. The average Bonchev–Trinajstić information content (AvgIpc) is 2.92. The molecular formula is C30H62O10Si. The van der Waals surface area contributed by atoms with Crippen LogP contribution in [0.2, 0.25) is 18.1 Å². The van der Waals surface area contributed by atoms with Crippen molar-refractivity contribution >= 4 is 14.3 Å². The van der Waals surface area contributed by atoms with Crippen LogP contribution in [0.4, 0.5) is 0 Å². The predicted molar refractivity (Wildman–Crippen MR) is 163 cm³/mol. The average molecular weight is 611 g/mol. The summed E-state index contributed by atoms with van der Waals surface area (Å²) in [5.74, 6) is -0.112. The molecule has 1 atom stereocenters. The second-order valence-electron chi connectivity index (χ2n) is 11.3. The van der Waals surface area contributed by atoms with Gasteiger partial charge in [0, 0.05) is 0 Å². The highest BCUT2D eigenvalue weighted by molar-refractivity contribution is 6.74. The van der Waals surface area contributed by atoms with E-state index in [0.29, 0.717) is 99.1 Å². The van der Waals surface area contributed by atoms with Crippen LogP contribution in [0.3, 0.4) is 0 Å². The lowest BCUT2D eigenvalue weighted by atomic mass is 10.00. The first-order valence-corrected chi connectivity index (χ1v) is 18.4. The highest BCUT2D eigenvalue weighted by Crippen LogP contribution is 2.36. The summed E-state index contributed by atoms with van der Waals surface area (Å²) in [6.45, 7) is 23.4. The molecule has 0 aliphatic rings. The summed E-state index contributed by atoms with van der Waals surface area (Å²) in [6.07, 6.45) is 3.85. The van der Waals surface area contributed by atoms with Gasteiger partial charge in [0.15, 0.2) is 8.32 Å². The number of unbranched alkanes of at least 4 members (excludes halogenated alkanes) is 1. The second-order valence-corrected chi connectivity index (χ2v) is 16.1. The van der Waals surface area contributed by atoms with E-state index < -0.39 is 8.32 Å². The normalized spacial score (nSPS) is 13.0. The van der Waals surface area contributed by atoms with Crippen LogP contribution in [0.15, 0.2) is 0 Å². The van der Waals surface area contributed by atoms with Crippen molar-refractivity contribution in [3.63, 3.8) is 0 Å². The van der Waals surface area contributed by atoms with E-state index >= 15 is 0 Å². The number of carbonyl (C=O) groups is 1. The minimum absolute atomic E-state index is 0.00253. The monoisotopic (exact) mass is 610 g/mol. The second kappa shape index (κ2) is 27.0. The summed E-state index contributed by atoms with van der Waals surface area (Å²) in [6, 6.07) is 0. The van der Waals surface area contributed by atoms with Crippen molar-refractivity contribution in [2.24, 2.45) is 5.92 Å². The maximum Gasteiger partial charge on any atom is 0.308 e. The maximum atomic E-state index is 12.0. The summed E-state index contributed by atoms with van der Waals surface area (Å²) in [5, 5.41) is 0.218. The van der Waals surface area contributed by atoms with E-state index in [0.717, 1.165) is 25.7 Å². The summed E-state index contributed by atoms with van der Waals surface area (Å²) < 4.78 is 49.8. The largest absolute Gasteiger partial charge is 0.463 e. The molecule has 0 amide bonds. The zero-order valence-corrected chi connectivity index (χ0v) is 28.3. The quantitative estimate of drug-likeness (QED) is 0.0635.